The van der Waals surface area contributed by atoms with Crippen LogP contribution in [0.4, 0.5) is 0 Å². The third-order valence-electron chi connectivity index (χ3n) is 8.18. The van der Waals surface area contributed by atoms with Gasteiger partial charge < -0.3 is 30.5 Å². The van der Waals surface area contributed by atoms with Crippen LogP contribution in [0.3, 0.4) is 0 Å². The van der Waals surface area contributed by atoms with Crippen LogP contribution in [0.25, 0.3) is 33.6 Å². The van der Waals surface area contributed by atoms with E-state index in [0.717, 1.165) is 24.0 Å². The minimum absolute atomic E-state index is 0.0816. The van der Waals surface area contributed by atoms with E-state index in [1.54, 1.807) is 26.6 Å². The lowest BCUT2D eigenvalue weighted by molar-refractivity contribution is -0.119. The molecule has 0 bridgehead atoms. The van der Waals surface area contributed by atoms with Crippen molar-refractivity contribution >= 4 is 29.1 Å². The smallest absolute Gasteiger partial charge is 0.237 e. The zero-order valence-electron chi connectivity index (χ0n) is 26.6. The van der Waals surface area contributed by atoms with E-state index in [0.29, 0.717) is 88.3 Å². The molecule has 1 aliphatic rings. The van der Waals surface area contributed by atoms with Gasteiger partial charge in [0.1, 0.15) is 11.4 Å². The van der Waals surface area contributed by atoms with Crippen LogP contribution in [0, 0.1) is 5.92 Å². The fourth-order valence-corrected chi connectivity index (χ4v) is 6.08. The summed E-state index contributed by atoms with van der Waals surface area (Å²) in [6, 6.07) is 11.5. The second-order valence-electron chi connectivity index (χ2n) is 11.3. The van der Waals surface area contributed by atoms with Crippen molar-refractivity contribution in [2.75, 3.05) is 33.9 Å². The van der Waals surface area contributed by atoms with Gasteiger partial charge in [0, 0.05) is 67.5 Å². The third-order valence-corrected chi connectivity index (χ3v) is 8.99. The molecule has 1 amide bonds. The molecular formula is C34H39Cl2N7O4. The van der Waals surface area contributed by atoms with Crippen LogP contribution in [0.1, 0.15) is 37.6 Å². The number of methoxy groups -OCH3 is 2. The number of nitrogens with zero attached hydrogens (tertiary/aromatic N) is 4. The highest BCUT2D eigenvalue weighted by Crippen LogP contribution is 2.42. The molecule has 11 nitrogen and oxygen atoms in total. The lowest BCUT2D eigenvalue weighted by Gasteiger charge is -2.16. The monoisotopic (exact) mass is 679 g/mol. The first-order valence-corrected chi connectivity index (χ1v) is 16.3. The van der Waals surface area contributed by atoms with E-state index in [4.69, 9.17) is 42.6 Å². The van der Waals surface area contributed by atoms with Gasteiger partial charge in [-0.15, -0.1) is 0 Å². The summed E-state index contributed by atoms with van der Waals surface area (Å²) in [6.45, 7) is 4.36. The number of carbonyl (C=O) groups excluding carboxylic acids is 1. The lowest BCUT2D eigenvalue weighted by atomic mass is 9.98. The average molecular weight is 681 g/mol. The van der Waals surface area contributed by atoms with Crippen LogP contribution >= 0.6 is 23.2 Å². The maximum absolute atomic E-state index is 11.5. The topological polar surface area (TPSA) is 143 Å². The fourth-order valence-electron chi connectivity index (χ4n) is 5.43. The van der Waals surface area contributed by atoms with Gasteiger partial charge in [0.15, 0.2) is 0 Å². The normalized spacial score (nSPS) is 15.0. The lowest BCUT2D eigenvalue weighted by Crippen LogP contribution is -2.35. The molecule has 1 saturated heterocycles. The van der Waals surface area contributed by atoms with E-state index in [1.165, 1.54) is 0 Å². The van der Waals surface area contributed by atoms with Crippen LogP contribution in [-0.2, 0) is 17.9 Å². The molecule has 0 aliphatic carbocycles. The van der Waals surface area contributed by atoms with E-state index in [2.05, 4.69) is 25.9 Å². The molecule has 0 unspecified atom stereocenters. The van der Waals surface area contributed by atoms with Gasteiger partial charge in [0.05, 0.1) is 48.0 Å². The van der Waals surface area contributed by atoms with Crippen LogP contribution in [-0.4, -0.2) is 70.9 Å². The van der Waals surface area contributed by atoms with Gasteiger partial charge in [0.25, 0.3) is 0 Å². The van der Waals surface area contributed by atoms with Crippen LogP contribution in [0.15, 0.2) is 48.8 Å². The third kappa shape index (κ3) is 8.17. The first-order valence-electron chi connectivity index (χ1n) is 15.6. The number of aliphatic hydroxyl groups is 1. The average Bonchev–Trinajstić information content (AvgIpc) is 3.51. The summed E-state index contributed by atoms with van der Waals surface area (Å²) in [4.78, 5) is 30.1. The van der Waals surface area contributed by atoms with Gasteiger partial charge in [-0.25, -0.2) is 9.97 Å². The van der Waals surface area contributed by atoms with Gasteiger partial charge in [-0.1, -0.05) is 66.5 Å². The molecule has 248 valence electrons. The van der Waals surface area contributed by atoms with E-state index >= 15 is 0 Å². The van der Waals surface area contributed by atoms with Gasteiger partial charge in [0.2, 0.25) is 17.7 Å². The zero-order chi connectivity index (χ0) is 33.3. The van der Waals surface area contributed by atoms with Crippen molar-refractivity contribution in [3.63, 3.8) is 0 Å². The summed E-state index contributed by atoms with van der Waals surface area (Å²) in [5.41, 5.74) is 5.21. The van der Waals surface area contributed by atoms with Crippen molar-refractivity contribution in [3.05, 3.63) is 70.2 Å². The predicted molar refractivity (Wildman–Crippen MR) is 182 cm³/mol. The number of ether oxygens (including phenoxy) is 2. The molecule has 0 spiro atoms. The van der Waals surface area contributed by atoms with E-state index < -0.39 is 0 Å². The Morgan fingerprint density at radius 2 is 1.43 bits per heavy atom. The van der Waals surface area contributed by atoms with E-state index in [-0.39, 0.29) is 24.5 Å². The Bertz CT molecular complexity index is 1700. The molecule has 1 aliphatic heterocycles. The fraction of sp³-hybridized carbons (Fsp3) is 0.382. The van der Waals surface area contributed by atoms with Gasteiger partial charge in [-0.3, -0.25) is 14.8 Å². The predicted octanol–water partition coefficient (Wildman–Crippen LogP) is 5.07. The van der Waals surface area contributed by atoms with Crippen molar-refractivity contribution < 1.29 is 19.4 Å². The molecule has 5 rings (SSSR count). The molecule has 4 aromatic rings. The van der Waals surface area contributed by atoms with E-state index in [1.807, 2.05) is 43.3 Å². The number of aliphatic hydroxyl groups excluding tert-OH is 1. The number of benzene rings is 2. The summed E-state index contributed by atoms with van der Waals surface area (Å²) in [5.74, 6) is 1.04. The Morgan fingerprint density at radius 1 is 0.894 bits per heavy atom. The number of hydrogen-bond acceptors (Lipinski definition) is 10. The van der Waals surface area contributed by atoms with Crippen LogP contribution in [0.2, 0.25) is 10.0 Å². The highest BCUT2D eigenvalue weighted by molar-refractivity contribution is 6.39. The Morgan fingerprint density at radius 3 is 1.89 bits per heavy atom. The number of aromatic nitrogens is 4. The molecule has 13 heteroatoms. The molecule has 0 saturated carbocycles. The highest BCUT2D eigenvalue weighted by Gasteiger charge is 2.21. The molecule has 2 aromatic carbocycles. The van der Waals surface area contributed by atoms with Crippen molar-refractivity contribution in [2.24, 2.45) is 5.92 Å². The summed E-state index contributed by atoms with van der Waals surface area (Å²) in [7, 11) is 3.11. The van der Waals surface area contributed by atoms with Gasteiger partial charge >= 0.3 is 0 Å². The molecular weight excluding hydrogens is 641 g/mol. The maximum atomic E-state index is 11.5. The first-order chi connectivity index (χ1) is 22.9. The standard InChI is InChI=1S/C34H39Cl2N7O4/c1-4-20(19-44)13-37-15-28-33(46-2)42-26(17-39-28)24-9-5-7-22(31(24)35)23-8-6-10-25(32(23)36)27-18-40-29(34(43-27)47-3)16-38-14-21-11-12-30(45)41-21/h5-10,17-18,20-21,37-38,44H,4,11-16,19H2,1-3H3,(H,41,45)/t20-,21-/m0/s1. The second kappa shape index (κ2) is 16.3. The number of amides is 1. The van der Waals surface area contributed by atoms with Crippen molar-refractivity contribution in [1.82, 2.24) is 35.9 Å². The van der Waals surface area contributed by atoms with Crippen molar-refractivity contribution in [1.29, 1.82) is 0 Å². The second-order valence-corrected chi connectivity index (χ2v) is 12.0. The van der Waals surface area contributed by atoms with Crippen LogP contribution < -0.4 is 25.4 Å². The van der Waals surface area contributed by atoms with Crippen LogP contribution in [0.5, 0.6) is 11.8 Å². The SMILES string of the molecule is CC[C@H](CO)CNCc1ncc(-c2cccc(-c3cccc(-c4cnc(CNC[C@@H]5CCC(=O)N5)c(OC)n4)c3Cl)c2Cl)nc1OC. The van der Waals surface area contributed by atoms with Crippen molar-refractivity contribution in [2.45, 2.75) is 45.3 Å². The number of nitrogens with one attached hydrogen (secondary N) is 3. The van der Waals surface area contributed by atoms with Gasteiger partial charge in [-0.2, -0.15) is 0 Å². The quantitative estimate of drug-likeness (QED) is 0.134. The summed E-state index contributed by atoms with van der Waals surface area (Å²) >= 11 is 14.1. The summed E-state index contributed by atoms with van der Waals surface area (Å²) < 4.78 is 11.1. The van der Waals surface area contributed by atoms with E-state index in [9.17, 15) is 9.90 Å². The number of halogens is 2. The summed E-state index contributed by atoms with van der Waals surface area (Å²) in [5, 5.41) is 20.0. The summed E-state index contributed by atoms with van der Waals surface area (Å²) in [6.07, 6.45) is 5.59. The molecule has 3 heterocycles. The molecule has 0 radical (unpaired) electrons. The molecule has 47 heavy (non-hydrogen) atoms. The number of carbonyl (C=O) groups is 1. The zero-order valence-corrected chi connectivity index (χ0v) is 28.2. The van der Waals surface area contributed by atoms with Gasteiger partial charge in [-0.05, 0) is 18.8 Å². The maximum Gasteiger partial charge on any atom is 0.237 e. The largest absolute Gasteiger partial charge is 0.480 e. The Labute approximate surface area is 284 Å². The Balaban J connectivity index is 1.37. The Kier molecular flexibility index (Phi) is 12.0. The highest BCUT2D eigenvalue weighted by atomic mass is 35.5. The number of hydrogen-bond donors (Lipinski definition) is 4. The molecule has 2 atom stereocenters. The minimum Gasteiger partial charge on any atom is -0.480 e. The minimum atomic E-state index is 0.0816. The number of rotatable bonds is 15. The first kappa shape index (κ1) is 34.5. The van der Waals surface area contributed by atoms with Crippen molar-refractivity contribution in [3.8, 4) is 45.4 Å². The molecule has 4 N–H and O–H groups in total. The Hall–Kier alpha value is -3.87. The molecule has 1 fully saturated rings. The molecule has 2 aromatic heterocycles.